The van der Waals surface area contributed by atoms with E-state index in [9.17, 15) is 0 Å². The maximum Gasteiger partial charge on any atom is 0.230 e. The molecule has 0 bridgehead atoms. The van der Waals surface area contributed by atoms with Crippen LogP contribution in [0.3, 0.4) is 0 Å². The topological polar surface area (TPSA) is 52.0 Å². The molecule has 0 saturated heterocycles. The van der Waals surface area contributed by atoms with E-state index >= 15 is 0 Å². The Morgan fingerprint density at radius 3 is 2.19 bits per heavy atom. The highest BCUT2D eigenvalue weighted by Gasteiger charge is 2.21. The van der Waals surface area contributed by atoms with Crippen LogP contribution in [0.1, 0.15) is 0 Å². The molecule has 3 rings (SSSR count). The molecule has 3 aromatic rings. The predicted octanol–water partition coefficient (Wildman–Crippen LogP) is 5.66. The van der Waals surface area contributed by atoms with Crippen molar-refractivity contribution < 1.29 is 4.52 Å². The normalized spacial score (nSPS) is 10.8. The van der Waals surface area contributed by atoms with Gasteiger partial charge in [0.25, 0.3) is 0 Å². The van der Waals surface area contributed by atoms with Crippen LogP contribution in [-0.2, 0) is 0 Å². The first-order valence-electron chi connectivity index (χ1n) is 6.03. The lowest BCUT2D eigenvalue weighted by Crippen LogP contribution is -1.89. The minimum Gasteiger partial charge on any atom is -0.367 e. The van der Waals surface area contributed by atoms with Crippen LogP contribution in [-0.4, -0.2) is 5.16 Å². The molecule has 6 heteroatoms. The van der Waals surface area contributed by atoms with Crippen molar-refractivity contribution in [3.8, 4) is 22.4 Å². The van der Waals surface area contributed by atoms with Crippen molar-refractivity contribution in [1.29, 1.82) is 0 Å². The second-order valence-corrected chi connectivity index (χ2v) is 6.10. The predicted molar refractivity (Wildman–Crippen MR) is 89.5 cm³/mol. The van der Waals surface area contributed by atoms with E-state index in [1.807, 2.05) is 24.3 Å². The number of rotatable bonds is 2. The molecule has 0 spiro atoms. The second-order valence-electron chi connectivity index (χ2n) is 4.37. The van der Waals surface area contributed by atoms with Gasteiger partial charge in [0.2, 0.25) is 5.88 Å². The smallest absolute Gasteiger partial charge is 0.230 e. The van der Waals surface area contributed by atoms with E-state index in [1.54, 1.807) is 18.2 Å². The van der Waals surface area contributed by atoms with Crippen molar-refractivity contribution in [2.75, 3.05) is 5.73 Å². The minimum atomic E-state index is 0.225. The molecule has 0 aliphatic heterocycles. The van der Waals surface area contributed by atoms with E-state index in [0.717, 1.165) is 10.0 Å². The van der Waals surface area contributed by atoms with E-state index in [-0.39, 0.29) is 5.88 Å². The molecule has 0 unspecified atom stereocenters. The molecule has 0 aliphatic rings. The summed E-state index contributed by atoms with van der Waals surface area (Å²) in [5.74, 6) is 0.225. The molecular weight excluding hydrogens is 375 g/mol. The fraction of sp³-hybridized carbons (Fsp3) is 0. The van der Waals surface area contributed by atoms with Gasteiger partial charge in [-0.3, -0.25) is 0 Å². The largest absolute Gasteiger partial charge is 0.367 e. The number of hydrogen-bond donors (Lipinski definition) is 1. The molecule has 2 aromatic carbocycles. The molecule has 0 saturated carbocycles. The molecule has 0 aliphatic carbocycles. The van der Waals surface area contributed by atoms with Crippen molar-refractivity contribution in [1.82, 2.24) is 5.16 Å². The molecule has 106 valence electrons. The Morgan fingerprint density at radius 2 is 1.57 bits per heavy atom. The van der Waals surface area contributed by atoms with Gasteiger partial charge in [-0.05, 0) is 29.8 Å². The van der Waals surface area contributed by atoms with Gasteiger partial charge in [-0.2, -0.15) is 0 Å². The van der Waals surface area contributed by atoms with Gasteiger partial charge < -0.3 is 10.3 Å². The average Bonchev–Trinajstić information content (AvgIpc) is 2.82. The van der Waals surface area contributed by atoms with Crippen LogP contribution in [0.2, 0.25) is 10.0 Å². The fourth-order valence-electron chi connectivity index (χ4n) is 2.09. The monoisotopic (exact) mass is 382 g/mol. The first kappa shape index (κ1) is 14.4. The van der Waals surface area contributed by atoms with Gasteiger partial charge in [0.1, 0.15) is 5.69 Å². The van der Waals surface area contributed by atoms with E-state index in [2.05, 4.69) is 21.1 Å². The lowest BCUT2D eigenvalue weighted by molar-refractivity contribution is 0.439. The number of nitrogen functional groups attached to an aromatic ring is 1. The standard InChI is InChI=1S/C15H9BrCl2N2O/c16-9-6-4-8(5-7-9)12-14(20-21-15(12)19)13-10(17)2-1-3-11(13)18/h1-7H,19H2. The quantitative estimate of drug-likeness (QED) is 0.621. The first-order chi connectivity index (χ1) is 10.1. The zero-order valence-corrected chi connectivity index (χ0v) is 13.7. The van der Waals surface area contributed by atoms with Crippen molar-refractivity contribution in [2.24, 2.45) is 0 Å². The van der Waals surface area contributed by atoms with Gasteiger partial charge in [-0.15, -0.1) is 0 Å². The highest BCUT2D eigenvalue weighted by Crippen LogP contribution is 2.42. The third kappa shape index (κ3) is 2.67. The van der Waals surface area contributed by atoms with Crippen molar-refractivity contribution in [3.63, 3.8) is 0 Å². The number of nitrogens with two attached hydrogens (primary N) is 1. The molecular formula is C15H9BrCl2N2O. The van der Waals surface area contributed by atoms with Crippen molar-refractivity contribution in [2.45, 2.75) is 0 Å². The van der Waals surface area contributed by atoms with E-state index in [0.29, 0.717) is 26.9 Å². The number of hydrogen-bond acceptors (Lipinski definition) is 3. The maximum atomic E-state index is 6.24. The Labute approximate surface area is 139 Å². The number of anilines is 1. The zero-order valence-electron chi connectivity index (χ0n) is 10.6. The lowest BCUT2D eigenvalue weighted by Gasteiger charge is -2.06. The van der Waals surface area contributed by atoms with Gasteiger partial charge >= 0.3 is 0 Å². The van der Waals surface area contributed by atoms with Gasteiger partial charge in [0.15, 0.2) is 0 Å². The van der Waals surface area contributed by atoms with Crippen molar-refractivity contribution >= 4 is 45.0 Å². The highest BCUT2D eigenvalue weighted by atomic mass is 79.9. The summed E-state index contributed by atoms with van der Waals surface area (Å²) in [5.41, 5.74) is 8.62. The third-order valence-corrected chi connectivity index (χ3v) is 4.21. The molecule has 0 atom stereocenters. The van der Waals surface area contributed by atoms with Crippen LogP contribution >= 0.6 is 39.1 Å². The molecule has 1 heterocycles. The Bertz CT molecular complexity index is 780. The molecule has 0 radical (unpaired) electrons. The first-order valence-corrected chi connectivity index (χ1v) is 7.58. The summed E-state index contributed by atoms with van der Waals surface area (Å²) in [4.78, 5) is 0. The number of benzene rings is 2. The summed E-state index contributed by atoms with van der Waals surface area (Å²) < 4.78 is 6.11. The number of halogens is 3. The van der Waals surface area contributed by atoms with Crippen LogP contribution in [0.15, 0.2) is 51.5 Å². The van der Waals surface area contributed by atoms with Crippen LogP contribution < -0.4 is 5.73 Å². The number of nitrogens with zero attached hydrogens (tertiary/aromatic N) is 1. The minimum absolute atomic E-state index is 0.225. The van der Waals surface area contributed by atoms with Crippen LogP contribution in [0.4, 0.5) is 5.88 Å². The van der Waals surface area contributed by atoms with Crippen LogP contribution in [0.5, 0.6) is 0 Å². The Morgan fingerprint density at radius 1 is 0.952 bits per heavy atom. The summed E-state index contributed by atoms with van der Waals surface area (Å²) in [6, 6.07) is 12.9. The Kier molecular flexibility index (Phi) is 3.93. The summed E-state index contributed by atoms with van der Waals surface area (Å²) in [6.45, 7) is 0. The van der Waals surface area contributed by atoms with Gasteiger partial charge in [-0.1, -0.05) is 62.5 Å². The maximum absolute atomic E-state index is 6.24. The van der Waals surface area contributed by atoms with Crippen LogP contribution in [0, 0.1) is 0 Å². The molecule has 0 fully saturated rings. The van der Waals surface area contributed by atoms with Gasteiger partial charge in [0, 0.05) is 10.0 Å². The van der Waals surface area contributed by atoms with E-state index in [1.165, 1.54) is 0 Å². The fourth-order valence-corrected chi connectivity index (χ4v) is 2.93. The lowest BCUT2D eigenvalue weighted by atomic mass is 10.0. The van der Waals surface area contributed by atoms with Crippen LogP contribution in [0.25, 0.3) is 22.4 Å². The SMILES string of the molecule is Nc1onc(-c2c(Cl)cccc2Cl)c1-c1ccc(Br)cc1. The zero-order chi connectivity index (χ0) is 15.0. The Hall–Kier alpha value is -1.49. The molecule has 3 nitrogen and oxygen atoms in total. The average molecular weight is 384 g/mol. The third-order valence-electron chi connectivity index (χ3n) is 3.05. The molecule has 2 N–H and O–H groups in total. The van der Waals surface area contributed by atoms with E-state index < -0.39 is 0 Å². The Balaban J connectivity index is 2.24. The summed E-state index contributed by atoms with van der Waals surface area (Å²) in [7, 11) is 0. The van der Waals surface area contributed by atoms with Crippen molar-refractivity contribution in [3.05, 3.63) is 57.0 Å². The summed E-state index contributed by atoms with van der Waals surface area (Å²) in [5, 5.41) is 5.02. The summed E-state index contributed by atoms with van der Waals surface area (Å²) in [6.07, 6.45) is 0. The second kappa shape index (κ2) is 5.72. The summed E-state index contributed by atoms with van der Waals surface area (Å²) >= 11 is 15.9. The van der Waals surface area contributed by atoms with Gasteiger partial charge in [0.05, 0.1) is 15.6 Å². The number of aromatic nitrogens is 1. The molecule has 0 amide bonds. The van der Waals surface area contributed by atoms with Gasteiger partial charge in [-0.25, -0.2) is 0 Å². The highest BCUT2D eigenvalue weighted by molar-refractivity contribution is 9.10. The van der Waals surface area contributed by atoms with E-state index in [4.69, 9.17) is 33.5 Å². The molecule has 1 aromatic heterocycles. The molecule has 21 heavy (non-hydrogen) atoms.